The molecule has 2 rings (SSSR count). The van der Waals surface area contributed by atoms with Crippen LogP contribution >= 0.6 is 0 Å². The maximum absolute atomic E-state index is 12.9. The van der Waals surface area contributed by atoms with Gasteiger partial charge in [0.1, 0.15) is 11.9 Å². The van der Waals surface area contributed by atoms with Crippen molar-refractivity contribution < 1.29 is 27.9 Å². The van der Waals surface area contributed by atoms with E-state index in [2.05, 4.69) is 10.3 Å². The summed E-state index contributed by atoms with van der Waals surface area (Å²) in [5, 5.41) is 11.1. The van der Waals surface area contributed by atoms with Gasteiger partial charge >= 0.3 is 6.18 Å². The fourth-order valence-corrected chi connectivity index (χ4v) is 2.45. The average Bonchev–Trinajstić information content (AvgIpc) is 2.85. The summed E-state index contributed by atoms with van der Waals surface area (Å²) in [6, 6.07) is 0.720. The summed E-state index contributed by atoms with van der Waals surface area (Å²) >= 11 is 0. The molecule has 0 spiro atoms. The smallest absolute Gasteiger partial charge is 0.395 e. The van der Waals surface area contributed by atoms with Gasteiger partial charge in [0.15, 0.2) is 0 Å². The molecule has 1 saturated heterocycles. The zero-order valence-electron chi connectivity index (χ0n) is 12.4. The fraction of sp³-hybridized carbons (Fsp3) is 0.500. The first-order valence-corrected chi connectivity index (χ1v) is 7.00. The van der Waals surface area contributed by atoms with Crippen LogP contribution in [0.15, 0.2) is 12.1 Å². The molecule has 1 aliphatic rings. The van der Waals surface area contributed by atoms with Crippen molar-refractivity contribution in [3.63, 3.8) is 0 Å². The van der Waals surface area contributed by atoms with E-state index < -0.39 is 29.6 Å². The third-order valence-electron chi connectivity index (χ3n) is 3.44. The lowest BCUT2D eigenvalue weighted by Gasteiger charge is -2.24. The number of aromatic nitrogens is 1. The Balaban J connectivity index is 2.36. The largest absolute Gasteiger partial charge is 0.416 e. The molecule has 9 heteroatoms. The van der Waals surface area contributed by atoms with Crippen molar-refractivity contribution in [1.82, 2.24) is 10.3 Å². The lowest BCUT2D eigenvalue weighted by molar-refractivity contribution is -0.137. The number of aliphatic hydroxyl groups excluding tert-OH is 1. The standard InChI is InChI=1S/C14H16F3N3O3/c1-8-6-9(14(15,16)17)7-11(19-8)20-10(2-3-12(20)22)13(23)18-4-5-21/h6-7,10,21H,2-5H2,1H3,(H,18,23). The predicted octanol–water partition coefficient (Wildman–Crippen LogP) is 1.01. The van der Waals surface area contributed by atoms with Gasteiger partial charge in [-0.15, -0.1) is 0 Å². The fourth-order valence-electron chi connectivity index (χ4n) is 2.45. The SMILES string of the molecule is Cc1cc(C(F)(F)F)cc(N2C(=O)CCC2C(=O)NCCO)n1. The Labute approximate surface area is 130 Å². The van der Waals surface area contributed by atoms with Crippen molar-refractivity contribution in [2.75, 3.05) is 18.1 Å². The number of carbonyl (C=O) groups excluding carboxylic acids is 2. The Morgan fingerprint density at radius 2 is 2.17 bits per heavy atom. The highest BCUT2D eigenvalue weighted by molar-refractivity contribution is 6.03. The average molecular weight is 331 g/mol. The Hall–Kier alpha value is -2.16. The van der Waals surface area contributed by atoms with Gasteiger partial charge < -0.3 is 10.4 Å². The number of aliphatic hydroxyl groups is 1. The van der Waals surface area contributed by atoms with Crippen LogP contribution in [0.25, 0.3) is 0 Å². The molecule has 0 bridgehead atoms. The molecule has 0 aliphatic carbocycles. The summed E-state index contributed by atoms with van der Waals surface area (Å²) in [7, 11) is 0. The molecule has 1 atom stereocenters. The second-order valence-corrected chi connectivity index (χ2v) is 5.19. The molecule has 0 radical (unpaired) electrons. The van der Waals surface area contributed by atoms with E-state index in [4.69, 9.17) is 5.11 Å². The zero-order chi connectivity index (χ0) is 17.2. The Morgan fingerprint density at radius 1 is 1.48 bits per heavy atom. The molecule has 1 aromatic rings. The van der Waals surface area contributed by atoms with Crippen LogP contribution in [0.2, 0.25) is 0 Å². The van der Waals surface area contributed by atoms with Crippen LogP contribution in [0.5, 0.6) is 0 Å². The normalized spacial score (nSPS) is 18.4. The molecular weight excluding hydrogens is 315 g/mol. The Kier molecular flexibility index (Phi) is 4.88. The molecule has 0 aromatic carbocycles. The lowest BCUT2D eigenvalue weighted by Crippen LogP contribution is -2.46. The van der Waals surface area contributed by atoms with Gasteiger partial charge in [-0.05, 0) is 25.5 Å². The van der Waals surface area contributed by atoms with E-state index >= 15 is 0 Å². The lowest BCUT2D eigenvalue weighted by atomic mass is 10.2. The topological polar surface area (TPSA) is 82.5 Å². The van der Waals surface area contributed by atoms with Gasteiger partial charge in [0.05, 0.1) is 12.2 Å². The first-order valence-electron chi connectivity index (χ1n) is 7.00. The number of halogens is 3. The van der Waals surface area contributed by atoms with Crippen LogP contribution in [0.4, 0.5) is 19.0 Å². The molecule has 1 fully saturated rings. The summed E-state index contributed by atoms with van der Waals surface area (Å²) in [6.45, 7) is 1.12. The quantitative estimate of drug-likeness (QED) is 0.863. The molecule has 1 aliphatic heterocycles. The number of carbonyl (C=O) groups is 2. The highest BCUT2D eigenvalue weighted by Crippen LogP contribution is 2.33. The van der Waals surface area contributed by atoms with Crippen LogP contribution in [0.3, 0.4) is 0 Å². The van der Waals surface area contributed by atoms with Gasteiger partial charge in [0.25, 0.3) is 0 Å². The maximum atomic E-state index is 12.9. The van der Waals surface area contributed by atoms with Crippen molar-refractivity contribution >= 4 is 17.6 Å². The molecular formula is C14H16F3N3O3. The van der Waals surface area contributed by atoms with Crippen LogP contribution in [-0.2, 0) is 15.8 Å². The van der Waals surface area contributed by atoms with Crippen LogP contribution in [-0.4, -0.2) is 41.1 Å². The number of hydrogen-bond acceptors (Lipinski definition) is 4. The van der Waals surface area contributed by atoms with E-state index in [0.717, 1.165) is 17.0 Å². The van der Waals surface area contributed by atoms with Gasteiger partial charge in [-0.25, -0.2) is 4.98 Å². The summed E-state index contributed by atoms with van der Waals surface area (Å²) < 4.78 is 38.7. The molecule has 2 amide bonds. The number of nitrogens with zero attached hydrogens (tertiary/aromatic N) is 2. The molecule has 23 heavy (non-hydrogen) atoms. The van der Waals surface area contributed by atoms with E-state index in [1.807, 2.05) is 0 Å². The highest BCUT2D eigenvalue weighted by Gasteiger charge is 2.39. The minimum Gasteiger partial charge on any atom is -0.395 e. The van der Waals surface area contributed by atoms with Gasteiger partial charge in [0.2, 0.25) is 11.8 Å². The second kappa shape index (κ2) is 6.53. The van der Waals surface area contributed by atoms with Crippen molar-refractivity contribution in [2.45, 2.75) is 32.0 Å². The monoisotopic (exact) mass is 331 g/mol. The molecule has 2 N–H and O–H groups in total. The number of anilines is 1. The van der Waals surface area contributed by atoms with Crippen LogP contribution in [0.1, 0.15) is 24.1 Å². The van der Waals surface area contributed by atoms with Gasteiger partial charge in [0, 0.05) is 18.7 Å². The van der Waals surface area contributed by atoms with E-state index in [9.17, 15) is 22.8 Å². The van der Waals surface area contributed by atoms with E-state index in [1.54, 1.807) is 0 Å². The van der Waals surface area contributed by atoms with Crippen LogP contribution in [0, 0.1) is 6.92 Å². The number of rotatable bonds is 4. The van der Waals surface area contributed by atoms with E-state index in [1.165, 1.54) is 6.92 Å². The predicted molar refractivity (Wildman–Crippen MR) is 74.6 cm³/mol. The third kappa shape index (κ3) is 3.79. The van der Waals surface area contributed by atoms with Gasteiger partial charge in [-0.2, -0.15) is 13.2 Å². The summed E-state index contributed by atoms with van der Waals surface area (Å²) in [4.78, 5) is 29.0. The minimum atomic E-state index is -4.57. The highest BCUT2D eigenvalue weighted by atomic mass is 19.4. The zero-order valence-corrected chi connectivity index (χ0v) is 12.4. The number of alkyl halides is 3. The molecule has 0 saturated carbocycles. The number of amides is 2. The first-order chi connectivity index (χ1) is 10.7. The Morgan fingerprint density at radius 3 is 2.78 bits per heavy atom. The molecule has 6 nitrogen and oxygen atoms in total. The molecule has 126 valence electrons. The van der Waals surface area contributed by atoms with Crippen molar-refractivity contribution in [3.8, 4) is 0 Å². The van der Waals surface area contributed by atoms with Gasteiger partial charge in [-0.1, -0.05) is 0 Å². The van der Waals surface area contributed by atoms with Crippen LogP contribution < -0.4 is 10.2 Å². The summed E-state index contributed by atoms with van der Waals surface area (Å²) in [5.74, 6) is -1.17. The summed E-state index contributed by atoms with van der Waals surface area (Å²) in [6.07, 6.45) is -4.33. The number of aryl methyl sites for hydroxylation is 1. The molecule has 1 unspecified atom stereocenters. The van der Waals surface area contributed by atoms with Crippen molar-refractivity contribution in [1.29, 1.82) is 0 Å². The van der Waals surface area contributed by atoms with E-state index in [-0.39, 0.29) is 37.5 Å². The number of nitrogens with one attached hydrogen (secondary N) is 1. The van der Waals surface area contributed by atoms with Crippen molar-refractivity contribution in [2.24, 2.45) is 0 Å². The first kappa shape index (κ1) is 17.2. The minimum absolute atomic E-state index is 0.00636. The Bertz CT molecular complexity index is 619. The second-order valence-electron chi connectivity index (χ2n) is 5.19. The van der Waals surface area contributed by atoms with Gasteiger partial charge in [-0.3, -0.25) is 14.5 Å². The third-order valence-corrected chi connectivity index (χ3v) is 3.44. The van der Waals surface area contributed by atoms with Crippen molar-refractivity contribution in [3.05, 3.63) is 23.4 Å². The summed E-state index contributed by atoms with van der Waals surface area (Å²) in [5.41, 5.74) is -0.821. The number of hydrogen-bond donors (Lipinski definition) is 2. The molecule has 1 aromatic heterocycles. The van der Waals surface area contributed by atoms with E-state index in [0.29, 0.717) is 0 Å². The number of pyridine rings is 1. The maximum Gasteiger partial charge on any atom is 0.416 e. The molecule has 2 heterocycles.